The molecule has 82 valence electrons. The lowest BCUT2D eigenvalue weighted by atomic mass is 9.90. The van der Waals surface area contributed by atoms with E-state index in [0.29, 0.717) is 5.56 Å². The van der Waals surface area contributed by atoms with Crippen LogP contribution in [0.1, 0.15) is 18.9 Å². The van der Waals surface area contributed by atoms with Crippen molar-refractivity contribution in [2.75, 3.05) is 7.11 Å². The minimum Gasteiger partial charge on any atom is -0.469 e. The smallest absolute Gasteiger partial charge is 0.307 e. The molecule has 0 fully saturated rings. The van der Waals surface area contributed by atoms with Gasteiger partial charge in [-0.1, -0.05) is 12.1 Å². The number of carbonyl (C=O) groups is 1. The molecule has 0 saturated heterocycles. The Kier molecular flexibility index (Phi) is 3.42. The first-order valence-electron chi connectivity index (χ1n) is 4.57. The third-order valence-electron chi connectivity index (χ3n) is 2.22. The number of methoxy groups -OCH3 is 1. The first-order chi connectivity index (χ1) is 6.95. The van der Waals surface area contributed by atoms with E-state index in [-0.39, 0.29) is 12.2 Å². The summed E-state index contributed by atoms with van der Waals surface area (Å²) < 4.78 is 17.5. The topological polar surface area (TPSA) is 52.3 Å². The Bertz CT molecular complexity index is 363. The number of esters is 1. The fourth-order valence-corrected chi connectivity index (χ4v) is 1.32. The van der Waals surface area contributed by atoms with Crippen molar-refractivity contribution < 1.29 is 13.9 Å². The average molecular weight is 211 g/mol. The van der Waals surface area contributed by atoms with Crippen molar-refractivity contribution in [1.29, 1.82) is 0 Å². The van der Waals surface area contributed by atoms with Crippen molar-refractivity contribution in [3.05, 3.63) is 35.6 Å². The van der Waals surface area contributed by atoms with E-state index in [1.54, 1.807) is 19.1 Å². The van der Waals surface area contributed by atoms with Gasteiger partial charge in [-0.2, -0.15) is 0 Å². The first-order valence-corrected chi connectivity index (χ1v) is 4.57. The van der Waals surface area contributed by atoms with E-state index in [1.165, 1.54) is 19.2 Å². The van der Waals surface area contributed by atoms with E-state index < -0.39 is 11.5 Å². The summed E-state index contributed by atoms with van der Waals surface area (Å²) in [5.41, 5.74) is 5.59. The zero-order valence-electron chi connectivity index (χ0n) is 8.79. The normalized spacial score (nSPS) is 14.4. The second kappa shape index (κ2) is 4.40. The Labute approximate surface area is 88.0 Å². The van der Waals surface area contributed by atoms with Gasteiger partial charge >= 0.3 is 5.97 Å². The van der Waals surface area contributed by atoms with Gasteiger partial charge in [0, 0.05) is 5.54 Å². The van der Waals surface area contributed by atoms with Gasteiger partial charge in [0.25, 0.3) is 0 Å². The fraction of sp³-hybridized carbons (Fsp3) is 0.364. The molecule has 2 N–H and O–H groups in total. The molecule has 1 atom stereocenters. The lowest BCUT2D eigenvalue weighted by molar-refractivity contribution is -0.141. The van der Waals surface area contributed by atoms with Crippen LogP contribution in [0.4, 0.5) is 4.39 Å². The summed E-state index contributed by atoms with van der Waals surface area (Å²) in [6.45, 7) is 1.67. The van der Waals surface area contributed by atoms with Crippen molar-refractivity contribution in [1.82, 2.24) is 0 Å². The molecule has 0 amide bonds. The summed E-state index contributed by atoms with van der Waals surface area (Å²) in [7, 11) is 1.30. The molecule has 1 rings (SSSR count). The molecule has 0 unspecified atom stereocenters. The minimum atomic E-state index is -0.908. The first kappa shape index (κ1) is 11.7. The Morgan fingerprint density at radius 3 is 2.80 bits per heavy atom. The van der Waals surface area contributed by atoms with Crippen LogP contribution in [-0.2, 0) is 15.1 Å². The van der Waals surface area contributed by atoms with Crippen LogP contribution in [0.5, 0.6) is 0 Å². The van der Waals surface area contributed by atoms with Gasteiger partial charge in [-0.3, -0.25) is 4.79 Å². The summed E-state index contributed by atoms with van der Waals surface area (Å²) in [5.74, 6) is -0.779. The standard InChI is InChI=1S/C11H14FNO2/c1-11(13,7-10(14)15-2)8-4-3-5-9(12)6-8/h3-6H,7,13H2,1-2H3/t11-/m1/s1. The highest BCUT2D eigenvalue weighted by molar-refractivity contribution is 5.71. The molecule has 0 aliphatic rings. The van der Waals surface area contributed by atoms with Gasteiger partial charge in [0.15, 0.2) is 0 Å². The zero-order valence-corrected chi connectivity index (χ0v) is 8.79. The van der Waals surface area contributed by atoms with Crippen LogP contribution in [0.3, 0.4) is 0 Å². The van der Waals surface area contributed by atoms with Gasteiger partial charge in [0.2, 0.25) is 0 Å². The molecule has 0 aliphatic carbocycles. The molecular weight excluding hydrogens is 197 g/mol. The quantitative estimate of drug-likeness (QED) is 0.772. The number of nitrogens with two attached hydrogens (primary N) is 1. The van der Waals surface area contributed by atoms with Crippen molar-refractivity contribution in [2.45, 2.75) is 18.9 Å². The maximum Gasteiger partial charge on any atom is 0.307 e. The van der Waals surface area contributed by atoms with Crippen molar-refractivity contribution in [2.24, 2.45) is 5.73 Å². The molecule has 0 radical (unpaired) electrons. The highest BCUT2D eigenvalue weighted by Gasteiger charge is 2.25. The van der Waals surface area contributed by atoms with Crippen molar-refractivity contribution in [3.8, 4) is 0 Å². The average Bonchev–Trinajstić information content (AvgIpc) is 2.17. The SMILES string of the molecule is COC(=O)C[C@@](C)(N)c1cccc(F)c1. The third-order valence-corrected chi connectivity index (χ3v) is 2.22. The summed E-state index contributed by atoms with van der Waals surface area (Å²) in [6, 6.07) is 5.90. The van der Waals surface area contributed by atoms with E-state index in [9.17, 15) is 9.18 Å². The van der Waals surface area contributed by atoms with Crippen molar-refractivity contribution in [3.63, 3.8) is 0 Å². The number of hydrogen-bond acceptors (Lipinski definition) is 3. The van der Waals surface area contributed by atoms with E-state index in [1.807, 2.05) is 0 Å². The second-order valence-corrected chi connectivity index (χ2v) is 3.68. The van der Waals surface area contributed by atoms with Gasteiger partial charge in [-0.15, -0.1) is 0 Å². The summed E-state index contributed by atoms with van der Waals surface area (Å²) in [6.07, 6.45) is 0.0208. The van der Waals surface area contributed by atoms with Crippen LogP contribution >= 0.6 is 0 Å². The van der Waals surface area contributed by atoms with Gasteiger partial charge in [0.05, 0.1) is 13.5 Å². The molecule has 0 saturated carbocycles. The Morgan fingerprint density at radius 1 is 1.60 bits per heavy atom. The molecule has 15 heavy (non-hydrogen) atoms. The molecule has 0 heterocycles. The number of hydrogen-bond donors (Lipinski definition) is 1. The molecule has 3 nitrogen and oxygen atoms in total. The Hall–Kier alpha value is -1.42. The van der Waals surface area contributed by atoms with Gasteiger partial charge < -0.3 is 10.5 Å². The lowest BCUT2D eigenvalue weighted by Crippen LogP contribution is -2.36. The van der Waals surface area contributed by atoms with E-state index >= 15 is 0 Å². The predicted molar refractivity (Wildman–Crippen MR) is 54.6 cm³/mol. The molecule has 0 spiro atoms. The molecule has 1 aromatic carbocycles. The van der Waals surface area contributed by atoms with Crippen LogP contribution in [0.15, 0.2) is 24.3 Å². The summed E-state index contributed by atoms with van der Waals surface area (Å²) in [5, 5.41) is 0. The molecule has 0 aliphatic heterocycles. The fourth-order valence-electron chi connectivity index (χ4n) is 1.32. The van der Waals surface area contributed by atoms with Gasteiger partial charge in [0.1, 0.15) is 5.82 Å². The summed E-state index contributed by atoms with van der Waals surface area (Å²) in [4.78, 5) is 11.1. The second-order valence-electron chi connectivity index (χ2n) is 3.68. The van der Waals surface area contributed by atoms with Crippen LogP contribution in [0.25, 0.3) is 0 Å². The number of ether oxygens (including phenoxy) is 1. The third kappa shape index (κ3) is 3.02. The molecular formula is C11H14FNO2. The number of carbonyl (C=O) groups excluding carboxylic acids is 1. The van der Waals surface area contributed by atoms with Gasteiger partial charge in [-0.05, 0) is 24.6 Å². The van der Waals surface area contributed by atoms with Crippen LogP contribution < -0.4 is 5.73 Å². The predicted octanol–water partition coefficient (Wildman–Crippen LogP) is 1.56. The monoisotopic (exact) mass is 211 g/mol. The maximum atomic E-state index is 12.9. The minimum absolute atomic E-state index is 0.0208. The highest BCUT2D eigenvalue weighted by atomic mass is 19.1. The maximum absolute atomic E-state index is 12.9. The van der Waals surface area contributed by atoms with Crippen molar-refractivity contribution >= 4 is 5.97 Å². The number of benzene rings is 1. The molecule has 0 aromatic heterocycles. The summed E-state index contributed by atoms with van der Waals surface area (Å²) >= 11 is 0. The lowest BCUT2D eigenvalue weighted by Gasteiger charge is -2.23. The zero-order chi connectivity index (χ0) is 11.5. The highest BCUT2D eigenvalue weighted by Crippen LogP contribution is 2.22. The van der Waals surface area contributed by atoms with E-state index in [4.69, 9.17) is 5.73 Å². The molecule has 1 aromatic rings. The molecule has 4 heteroatoms. The van der Waals surface area contributed by atoms with Gasteiger partial charge in [-0.25, -0.2) is 4.39 Å². The molecule has 0 bridgehead atoms. The van der Waals surface area contributed by atoms with E-state index in [0.717, 1.165) is 0 Å². The Balaban J connectivity index is 2.90. The van der Waals surface area contributed by atoms with Crippen LogP contribution in [-0.4, -0.2) is 13.1 Å². The number of halogens is 1. The largest absolute Gasteiger partial charge is 0.469 e. The van der Waals surface area contributed by atoms with E-state index in [2.05, 4.69) is 4.74 Å². The number of rotatable bonds is 3. The van der Waals surface area contributed by atoms with Crippen LogP contribution in [0.2, 0.25) is 0 Å². The Morgan fingerprint density at radius 2 is 2.27 bits per heavy atom. The van der Waals surface area contributed by atoms with Crippen LogP contribution in [0, 0.1) is 5.82 Å².